The number of hydrogen-bond acceptors (Lipinski definition) is 4. The second-order valence-corrected chi connectivity index (χ2v) is 9.37. The molecule has 1 N–H and O–H groups in total. The Balaban J connectivity index is 1.75. The Hall–Kier alpha value is -3.02. The van der Waals surface area contributed by atoms with Crippen LogP contribution in [0.1, 0.15) is 69.9 Å². The second-order valence-electron chi connectivity index (χ2n) is 9.37. The van der Waals surface area contributed by atoms with E-state index in [0.717, 1.165) is 36.8 Å². The first kappa shape index (κ1) is 25.6. The number of carbonyl (C=O) groups is 2. The van der Waals surface area contributed by atoms with Gasteiger partial charge in [-0.1, -0.05) is 63.4 Å². The molecule has 34 heavy (non-hydrogen) atoms. The molecule has 0 saturated heterocycles. The number of nitrogens with one attached hydrogen (secondary N) is 1. The van der Waals surface area contributed by atoms with E-state index in [1.807, 2.05) is 48.5 Å². The third-order valence-corrected chi connectivity index (χ3v) is 6.50. The minimum absolute atomic E-state index is 0.120. The zero-order chi connectivity index (χ0) is 24.5. The first-order valence-corrected chi connectivity index (χ1v) is 12.3. The molecule has 0 bridgehead atoms. The van der Waals surface area contributed by atoms with Crippen LogP contribution in [0.5, 0.6) is 11.5 Å². The fourth-order valence-electron chi connectivity index (χ4n) is 4.43. The molecule has 6 nitrogen and oxygen atoms in total. The molecule has 1 saturated carbocycles. The number of benzene rings is 2. The lowest BCUT2D eigenvalue weighted by molar-refractivity contribution is -0.142. The Morgan fingerprint density at radius 3 is 2.47 bits per heavy atom. The Morgan fingerprint density at radius 1 is 1.03 bits per heavy atom. The molecule has 3 rings (SSSR count). The molecule has 2 aromatic rings. The Bertz CT molecular complexity index is 953. The number of nitrogens with zero attached hydrogens (tertiary/aromatic N) is 1. The van der Waals surface area contributed by atoms with Gasteiger partial charge in [0.2, 0.25) is 5.91 Å². The van der Waals surface area contributed by atoms with E-state index in [4.69, 9.17) is 9.47 Å². The number of para-hydroxylation sites is 1. The summed E-state index contributed by atoms with van der Waals surface area (Å²) in [6.07, 6.45) is 5.48. The zero-order valence-corrected chi connectivity index (χ0v) is 20.9. The molecule has 1 aliphatic rings. The quantitative estimate of drug-likeness (QED) is 0.531. The normalized spacial score (nSPS) is 15.0. The molecule has 184 valence electrons. The smallest absolute Gasteiger partial charge is 0.261 e. The van der Waals surface area contributed by atoms with Crippen molar-refractivity contribution >= 4 is 11.8 Å². The number of amides is 2. The molecule has 2 amide bonds. The van der Waals surface area contributed by atoms with Crippen LogP contribution in [0.25, 0.3) is 0 Å². The number of methoxy groups -OCH3 is 1. The number of rotatable bonds is 10. The third-order valence-electron chi connectivity index (χ3n) is 6.50. The van der Waals surface area contributed by atoms with Gasteiger partial charge in [-0.15, -0.1) is 0 Å². The molecular weight excluding hydrogens is 428 g/mol. The molecule has 0 unspecified atom stereocenters. The van der Waals surface area contributed by atoms with Crippen LogP contribution in [0.4, 0.5) is 0 Å². The van der Waals surface area contributed by atoms with Gasteiger partial charge in [-0.2, -0.15) is 0 Å². The van der Waals surface area contributed by atoms with Crippen LogP contribution in [-0.2, 0) is 16.1 Å². The fourth-order valence-corrected chi connectivity index (χ4v) is 4.43. The maximum Gasteiger partial charge on any atom is 0.261 e. The molecule has 0 radical (unpaired) electrons. The average Bonchev–Trinajstić information content (AvgIpc) is 2.86. The van der Waals surface area contributed by atoms with Gasteiger partial charge >= 0.3 is 0 Å². The average molecular weight is 467 g/mol. The van der Waals surface area contributed by atoms with Crippen molar-refractivity contribution in [3.63, 3.8) is 0 Å². The van der Waals surface area contributed by atoms with Crippen molar-refractivity contribution < 1.29 is 19.1 Å². The summed E-state index contributed by atoms with van der Waals surface area (Å²) in [6.45, 7) is 6.14. The van der Waals surface area contributed by atoms with Crippen LogP contribution < -0.4 is 14.8 Å². The van der Waals surface area contributed by atoms with Crippen molar-refractivity contribution in [3.8, 4) is 11.5 Å². The van der Waals surface area contributed by atoms with Gasteiger partial charge < -0.3 is 19.7 Å². The van der Waals surface area contributed by atoms with Crippen LogP contribution in [-0.4, -0.2) is 42.5 Å². The zero-order valence-electron chi connectivity index (χ0n) is 20.9. The highest BCUT2D eigenvalue weighted by molar-refractivity contribution is 5.88. The molecule has 0 aliphatic heterocycles. The van der Waals surface area contributed by atoms with Crippen molar-refractivity contribution in [1.29, 1.82) is 0 Å². The van der Waals surface area contributed by atoms with Crippen molar-refractivity contribution in [3.05, 3.63) is 59.7 Å². The molecule has 2 aromatic carbocycles. The summed E-state index contributed by atoms with van der Waals surface area (Å²) < 4.78 is 11.3. The van der Waals surface area contributed by atoms with Gasteiger partial charge in [-0.25, -0.2) is 0 Å². The van der Waals surface area contributed by atoms with Gasteiger partial charge in [0.15, 0.2) is 6.61 Å². The summed E-state index contributed by atoms with van der Waals surface area (Å²) in [6, 6.07) is 14.9. The molecule has 1 atom stereocenters. The van der Waals surface area contributed by atoms with Crippen molar-refractivity contribution in [2.45, 2.75) is 77.4 Å². The lowest BCUT2D eigenvalue weighted by atomic mass is 9.95. The topological polar surface area (TPSA) is 67.9 Å². The van der Waals surface area contributed by atoms with E-state index < -0.39 is 6.04 Å². The van der Waals surface area contributed by atoms with Gasteiger partial charge in [0.1, 0.15) is 17.5 Å². The van der Waals surface area contributed by atoms with Crippen LogP contribution in [0, 0.1) is 0 Å². The molecule has 6 heteroatoms. The Kier molecular flexibility index (Phi) is 9.37. The van der Waals surface area contributed by atoms with Gasteiger partial charge in [0.05, 0.1) is 7.11 Å². The van der Waals surface area contributed by atoms with Crippen LogP contribution in [0.2, 0.25) is 0 Å². The molecular formula is C28H38N2O4. The van der Waals surface area contributed by atoms with Crippen LogP contribution in [0.15, 0.2) is 48.5 Å². The largest absolute Gasteiger partial charge is 0.497 e. The standard InChI is InChI=1S/C28H38N2O4/c1-20(2)25-15-8-9-16-26(25)34-19-27(31)30(18-22-11-10-14-24(17-22)33-4)21(3)28(32)29-23-12-6-5-7-13-23/h8-11,14-17,20-21,23H,5-7,12-13,18-19H2,1-4H3,(H,29,32)/t21-/m1/s1. The third kappa shape index (κ3) is 6.99. The molecule has 1 aliphatic carbocycles. The van der Waals surface area contributed by atoms with Crippen molar-refractivity contribution in [2.75, 3.05) is 13.7 Å². The van der Waals surface area contributed by atoms with E-state index in [0.29, 0.717) is 18.0 Å². The van der Waals surface area contributed by atoms with E-state index in [-0.39, 0.29) is 30.4 Å². The van der Waals surface area contributed by atoms with E-state index in [2.05, 4.69) is 19.2 Å². The van der Waals surface area contributed by atoms with E-state index >= 15 is 0 Å². The first-order valence-electron chi connectivity index (χ1n) is 12.3. The predicted octanol–water partition coefficient (Wildman–Crippen LogP) is 5.06. The molecule has 0 spiro atoms. The van der Waals surface area contributed by atoms with Crippen molar-refractivity contribution in [2.24, 2.45) is 0 Å². The highest BCUT2D eigenvalue weighted by atomic mass is 16.5. The minimum atomic E-state index is -0.621. The molecule has 0 heterocycles. The SMILES string of the molecule is COc1cccc(CN(C(=O)COc2ccccc2C(C)C)[C@H](C)C(=O)NC2CCCCC2)c1. The minimum Gasteiger partial charge on any atom is -0.497 e. The maximum absolute atomic E-state index is 13.4. The van der Waals surface area contributed by atoms with Crippen LogP contribution >= 0.6 is 0 Å². The van der Waals surface area contributed by atoms with Gasteiger partial charge in [0, 0.05) is 12.6 Å². The first-order chi connectivity index (χ1) is 16.4. The summed E-state index contributed by atoms with van der Waals surface area (Å²) in [7, 11) is 1.61. The second kappa shape index (κ2) is 12.4. The highest BCUT2D eigenvalue weighted by Gasteiger charge is 2.28. The number of hydrogen-bond donors (Lipinski definition) is 1. The van der Waals surface area contributed by atoms with Gasteiger partial charge in [0.25, 0.3) is 5.91 Å². The number of carbonyl (C=O) groups excluding carboxylic acids is 2. The lowest BCUT2D eigenvalue weighted by Crippen LogP contribution is -2.51. The lowest BCUT2D eigenvalue weighted by Gasteiger charge is -2.31. The summed E-state index contributed by atoms with van der Waals surface area (Å²) in [5.41, 5.74) is 1.95. The van der Waals surface area contributed by atoms with E-state index in [1.165, 1.54) is 6.42 Å². The van der Waals surface area contributed by atoms with Crippen LogP contribution in [0.3, 0.4) is 0 Å². The fraction of sp³-hybridized carbons (Fsp3) is 0.500. The summed E-state index contributed by atoms with van der Waals surface area (Å²) >= 11 is 0. The Labute approximate surface area is 203 Å². The monoisotopic (exact) mass is 466 g/mol. The van der Waals surface area contributed by atoms with Gasteiger partial charge in [-0.3, -0.25) is 9.59 Å². The van der Waals surface area contributed by atoms with Gasteiger partial charge in [-0.05, 0) is 55.0 Å². The maximum atomic E-state index is 13.4. The molecule has 1 fully saturated rings. The van der Waals surface area contributed by atoms with E-state index in [1.54, 1.807) is 18.9 Å². The predicted molar refractivity (Wildman–Crippen MR) is 134 cm³/mol. The summed E-state index contributed by atoms with van der Waals surface area (Å²) in [5, 5.41) is 3.16. The van der Waals surface area contributed by atoms with Crippen molar-refractivity contribution in [1.82, 2.24) is 10.2 Å². The summed E-state index contributed by atoms with van der Waals surface area (Å²) in [5.74, 6) is 1.34. The van der Waals surface area contributed by atoms with E-state index in [9.17, 15) is 9.59 Å². The Morgan fingerprint density at radius 2 is 1.76 bits per heavy atom. The molecule has 0 aromatic heterocycles. The summed E-state index contributed by atoms with van der Waals surface area (Å²) in [4.78, 5) is 28.1. The number of ether oxygens (including phenoxy) is 2. The highest BCUT2D eigenvalue weighted by Crippen LogP contribution is 2.26.